The molecular formula is C25H28ClN4O4PS. The normalized spacial score (nSPS) is 16.3. The summed E-state index contributed by atoms with van der Waals surface area (Å²) in [4.78, 5) is 17.3. The van der Waals surface area contributed by atoms with Crippen LogP contribution in [0.25, 0.3) is 0 Å². The number of anilines is 2. The Morgan fingerprint density at radius 2 is 1.89 bits per heavy atom. The predicted octanol–water partition coefficient (Wildman–Crippen LogP) is 5.25. The SMILES string of the molecule is CN=C(Nc1sc(C(=O)OC)cc1[P@@](=O)(Nc1ccc(C)c(Cl)c1)N1CCOCC1)c1ccccc1. The Bertz CT molecular complexity index is 1310. The number of morpholine rings is 1. The van der Waals surface area contributed by atoms with Gasteiger partial charge in [0.1, 0.15) is 15.7 Å². The maximum absolute atomic E-state index is 15.0. The molecule has 36 heavy (non-hydrogen) atoms. The van der Waals surface area contributed by atoms with E-state index in [9.17, 15) is 9.36 Å². The van der Waals surface area contributed by atoms with Gasteiger partial charge in [0.2, 0.25) is 0 Å². The number of nitrogens with zero attached hydrogens (tertiary/aromatic N) is 2. The monoisotopic (exact) mass is 546 g/mol. The van der Waals surface area contributed by atoms with Gasteiger partial charge in [0, 0.05) is 36.4 Å². The molecule has 1 aromatic heterocycles. The van der Waals surface area contributed by atoms with Crippen molar-refractivity contribution in [3.63, 3.8) is 0 Å². The molecule has 1 fully saturated rings. The lowest BCUT2D eigenvalue weighted by Crippen LogP contribution is -2.39. The lowest BCUT2D eigenvalue weighted by atomic mass is 10.2. The Kier molecular flexibility index (Phi) is 8.49. The molecule has 0 aliphatic carbocycles. The molecule has 0 spiro atoms. The molecule has 1 aliphatic rings. The minimum absolute atomic E-state index is 0.329. The van der Waals surface area contributed by atoms with Crippen molar-refractivity contribution in [2.45, 2.75) is 6.92 Å². The molecule has 1 saturated heterocycles. The first-order valence-corrected chi connectivity index (χ1v) is 14.2. The molecule has 0 bridgehead atoms. The lowest BCUT2D eigenvalue weighted by Gasteiger charge is -2.35. The highest BCUT2D eigenvalue weighted by atomic mass is 35.5. The average molecular weight is 547 g/mol. The summed E-state index contributed by atoms with van der Waals surface area (Å²) in [7, 11) is -0.496. The van der Waals surface area contributed by atoms with E-state index in [1.54, 1.807) is 19.2 Å². The van der Waals surface area contributed by atoms with E-state index in [0.29, 0.717) is 58.0 Å². The van der Waals surface area contributed by atoms with Crippen LogP contribution >= 0.6 is 30.4 Å². The fourth-order valence-electron chi connectivity index (χ4n) is 3.81. The van der Waals surface area contributed by atoms with Crippen molar-refractivity contribution in [2.24, 2.45) is 4.99 Å². The molecule has 2 N–H and O–H groups in total. The minimum atomic E-state index is -3.50. The van der Waals surface area contributed by atoms with Gasteiger partial charge in [-0.15, -0.1) is 11.3 Å². The number of amidine groups is 1. The first-order valence-electron chi connectivity index (χ1n) is 11.4. The number of halogens is 1. The lowest BCUT2D eigenvalue weighted by molar-refractivity contribution is 0.0606. The van der Waals surface area contributed by atoms with Gasteiger partial charge >= 0.3 is 5.97 Å². The number of carbonyl (C=O) groups is 1. The fourth-order valence-corrected chi connectivity index (χ4v) is 7.88. The number of aliphatic imine (C=N–C) groups is 1. The smallest absolute Gasteiger partial charge is 0.348 e. The maximum atomic E-state index is 15.0. The molecule has 11 heteroatoms. The van der Waals surface area contributed by atoms with E-state index in [4.69, 9.17) is 21.1 Å². The van der Waals surface area contributed by atoms with E-state index in [-0.39, 0.29) is 0 Å². The van der Waals surface area contributed by atoms with E-state index < -0.39 is 13.4 Å². The molecule has 0 amide bonds. The highest BCUT2D eigenvalue weighted by Crippen LogP contribution is 2.52. The Morgan fingerprint density at radius 3 is 2.53 bits per heavy atom. The number of thiophene rings is 1. The number of esters is 1. The van der Waals surface area contributed by atoms with Crippen LogP contribution in [-0.2, 0) is 14.0 Å². The topological polar surface area (TPSA) is 92.3 Å². The summed E-state index contributed by atoms with van der Waals surface area (Å²) in [6.07, 6.45) is 0. The Morgan fingerprint density at radius 1 is 1.17 bits per heavy atom. The number of methoxy groups -OCH3 is 1. The molecule has 190 valence electrons. The summed E-state index contributed by atoms with van der Waals surface area (Å²) in [6, 6.07) is 16.7. The number of hydrogen-bond donors (Lipinski definition) is 2. The molecule has 0 saturated carbocycles. The van der Waals surface area contributed by atoms with Gasteiger partial charge in [0.25, 0.3) is 7.44 Å². The molecule has 2 aromatic carbocycles. The first-order chi connectivity index (χ1) is 17.4. The van der Waals surface area contributed by atoms with Gasteiger partial charge < -0.3 is 19.9 Å². The molecule has 3 aromatic rings. The number of ether oxygens (including phenoxy) is 2. The number of nitrogens with one attached hydrogen (secondary N) is 2. The first kappa shape index (κ1) is 26.4. The highest BCUT2D eigenvalue weighted by molar-refractivity contribution is 7.71. The van der Waals surface area contributed by atoms with Crippen LogP contribution in [-0.4, -0.2) is 56.9 Å². The second-order valence-corrected chi connectivity index (χ2v) is 12.0. The Balaban J connectivity index is 1.83. The molecule has 0 unspecified atom stereocenters. The van der Waals surface area contributed by atoms with Gasteiger partial charge in [-0.2, -0.15) is 0 Å². The quantitative estimate of drug-likeness (QED) is 0.181. The van der Waals surface area contributed by atoms with Crippen molar-refractivity contribution in [1.82, 2.24) is 4.67 Å². The second kappa shape index (κ2) is 11.6. The zero-order valence-corrected chi connectivity index (χ0v) is 22.8. The Hall–Kier alpha value is -2.68. The van der Waals surface area contributed by atoms with E-state index in [1.807, 2.05) is 54.1 Å². The second-order valence-electron chi connectivity index (χ2n) is 8.10. The molecule has 8 nitrogen and oxygen atoms in total. The van der Waals surface area contributed by atoms with Gasteiger partial charge in [-0.25, -0.2) is 9.46 Å². The van der Waals surface area contributed by atoms with Gasteiger partial charge in [-0.05, 0) is 30.7 Å². The Labute approximate surface area is 219 Å². The van der Waals surface area contributed by atoms with Crippen LogP contribution in [0.15, 0.2) is 59.6 Å². The van der Waals surface area contributed by atoms with E-state index >= 15 is 0 Å². The van der Waals surface area contributed by atoms with Gasteiger partial charge in [-0.3, -0.25) is 9.56 Å². The van der Waals surface area contributed by atoms with Crippen LogP contribution < -0.4 is 15.7 Å². The van der Waals surface area contributed by atoms with Crippen LogP contribution in [0.5, 0.6) is 0 Å². The zero-order valence-electron chi connectivity index (χ0n) is 20.3. The molecule has 0 radical (unpaired) electrons. The molecule has 4 rings (SSSR count). The van der Waals surface area contributed by atoms with Gasteiger partial charge in [0.05, 0.1) is 25.6 Å². The predicted molar refractivity (Wildman–Crippen MR) is 148 cm³/mol. The number of benzene rings is 2. The summed E-state index contributed by atoms with van der Waals surface area (Å²) in [5.41, 5.74) is 2.39. The van der Waals surface area contributed by atoms with Crippen LogP contribution in [0.3, 0.4) is 0 Å². The number of hydrogen-bond acceptors (Lipinski definition) is 6. The number of rotatable bonds is 7. The molecule has 1 aliphatic heterocycles. The van der Waals surface area contributed by atoms with E-state index in [1.165, 1.54) is 18.4 Å². The van der Waals surface area contributed by atoms with Crippen molar-refractivity contribution in [2.75, 3.05) is 50.9 Å². The van der Waals surface area contributed by atoms with Crippen LogP contribution in [0.4, 0.5) is 10.7 Å². The molecule has 2 heterocycles. The standard InChI is InChI=1S/C25H28ClN4O4PS/c1-17-9-10-19(15-20(17)26)29-35(32,30-11-13-34-14-12-30)21-16-22(25(31)33-3)36-24(21)28-23(27-2)18-7-5-4-6-8-18/h4-10,15-16H,11-14H2,1-3H3,(H,27,28)(H,29,32)/t35-/m1/s1. The summed E-state index contributed by atoms with van der Waals surface area (Å²) in [5, 5.41) is 8.17. The third-order valence-corrected chi connectivity index (χ3v) is 10.1. The number of aryl methyl sites for hydroxylation is 1. The van der Waals surface area contributed by atoms with Crippen LogP contribution in [0.1, 0.15) is 20.8 Å². The van der Waals surface area contributed by atoms with Gasteiger partial charge in [-0.1, -0.05) is 48.0 Å². The van der Waals surface area contributed by atoms with Gasteiger partial charge in [0.15, 0.2) is 0 Å². The summed E-state index contributed by atoms with van der Waals surface area (Å²) >= 11 is 7.55. The van der Waals surface area contributed by atoms with Crippen molar-refractivity contribution in [3.8, 4) is 0 Å². The van der Waals surface area contributed by atoms with Crippen molar-refractivity contribution >= 4 is 58.2 Å². The third kappa shape index (κ3) is 5.66. The largest absolute Gasteiger partial charge is 0.465 e. The summed E-state index contributed by atoms with van der Waals surface area (Å²) in [5.74, 6) is 0.0814. The van der Waals surface area contributed by atoms with Crippen molar-refractivity contribution < 1.29 is 18.8 Å². The maximum Gasteiger partial charge on any atom is 0.348 e. The van der Waals surface area contributed by atoms with Crippen LogP contribution in [0, 0.1) is 6.92 Å². The summed E-state index contributed by atoms with van der Waals surface area (Å²) < 4.78 is 27.4. The van der Waals surface area contributed by atoms with Crippen LogP contribution in [0.2, 0.25) is 5.02 Å². The minimum Gasteiger partial charge on any atom is -0.465 e. The van der Waals surface area contributed by atoms with Crippen molar-refractivity contribution in [3.05, 3.63) is 75.6 Å². The summed E-state index contributed by atoms with van der Waals surface area (Å²) in [6.45, 7) is 3.72. The van der Waals surface area contributed by atoms with E-state index in [0.717, 1.165) is 11.1 Å². The zero-order chi connectivity index (χ0) is 25.7. The third-order valence-electron chi connectivity index (χ3n) is 5.77. The van der Waals surface area contributed by atoms with E-state index in [2.05, 4.69) is 15.4 Å². The number of carbonyl (C=O) groups excluding carboxylic acids is 1. The average Bonchev–Trinajstić information content (AvgIpc) is 3.34. The molecule has 1 atom stereocenters. The highest BCUT2D eigenvalue weighted by Gasteiger charge is 2.38. The molecular weight excluding hydrogens is 519 g/mol. The fraction of sp³-hybridized carbons (Fsp3) is 0.280. The van der Waals surface area contributed by atoms with Crippen molar-refractivity contribution in [1.29, 1.82) is 0 Å².